The Kier molecular flexibility index (Phi) is 7.56. The number of hydrogen-bond acceptors (Lipinski definition) is 2. The van der Waals surface area contributed by atoms with Crippen LogP contribution in [0.4, 0.5) is 4.79 Å². The third-order valence-corrected chi connectivity index (χ3v) is 3.61. The molecule has 1 atom stereocenters. The lowest BCUT2D eigenvalue weighted by Crippen LogP contribution is -2.63. The maximum Gasteiger partial charge on any atom is 0.408 e. The second-order valence-corrected chi connectivity index (χ2v) is 5.17. The lowest BCUT2D eigenvalue weighted by Gasteiger charge is -2.34. The van der Waals surface area contributed by atoms with Gasteiger partial charge in [0.2, 0.25) is 5.91 Å². The summed E-state index contributed by atoms with van der Waals surface area (Å²) in [4.78, 5) is 23.5. The van der Waals surface area contributed by atoms with Gasteiger partial charge >= 0.3 is 6.09 Å². The summed E-state index contributed by atoms with van der Waals surface area (Å²) in [6.07, 6.45) is 12.6. The van der Waals surface area contributed by atoms with E-state index in [4.69, 9.17) is 11.5 Å². The van der Waals surface area contributed by atoms with Crippen molar-refractivity contribution >= 4 is 12.0 Å². The van der Waals surface area contributed by atoms with Crippen molar-refractivity contribution in [1.29, 1.82) is 0 Å². The summed E-state index contributed by atoms with van der Waals surface area (Å²) in [5.74, 6) is 2.45. The SMILES string of the molecule is C#CCCCCCCCCCN(C(=O)O)[C@H]1CNC1=O. The quantitative estimate of drug-likeness (QED) is 0.366. The molecule has 1 aliphatic rings. The molecular weight excluding hydrogens is 256 g/mol. The summed E-state index contributed by atoms with van der Waals surface area (Å²) in [6.45, 7) is 0.894. The summed E-state index contributed by atoms with van der Waals surface area (Å²) in [5, 5.41) is 11.7. The molecule has 0 bridgehead atoms. The van der Waals surface area contributed by atoms with E-state index in [1.165, 1.54) is 24.2 Å². The molecule has 1 fully saturated rings. The third-order valence-electron chi connectivity index (χ3n) is 3.61. The van der Waals surface area contributed by atoms with E-state index in [0.717, 1.165) is 32.1 Å². The number of hydrogen-bond donors (Lipinski definition) is 2. The molecule has 20 heavy (non-hydrogen) atoms. The van der Waals surface area contributed by atoms with Crippen LogP contribution in [-0.2, 0) is 4.79 Å². The van der Waals surface area contributed by atoms with Crippen LogP contribution in [0.2, 0.25) is 0 Å². The molecule has 0 aromatic rings. The zero-order valence-electron chi connectivity index (χ0n) is 11.9. The maximum atomic E-state index is 11.2. The molecule has 1 aliphatic heterocycles. The molecular formula is C15H24N2O3. The molecule has 5 nitrogen and oxygen atoms in total. The zero-order chi connectivity index (χ0) is 14.8. The standard InChI is InChI=1S/C15H24N2O3/c1-2-3-4-5-6-7-8-9-10-11-17(15(19)20)13-12-16-14(13)18/h1,13H,3-12H2,(H,16,18)(H,19,20)/t13-/m0/s1. The maximum absolute atomic E-state index is 11.2. The second kappa shape index (κ2) is 9.24. The first kappa shape index (κ1) is 16.4. The Hall–Kier alpha value is -1.70. The minimum Gasteiger partial charge on any atom is -0.465 e. The molecule has 0 spiro atoms. The van der Waals surface area contributed by atoms with Crippen LogP contribution in [-0.4, -0.2) is 41.1 Å². The molecule has 112 valence electrons. The molecule has 5 heteroatoms. The van der Waals surface area contributed by atoms with Crippen LogP contribution in [0.15, 0.2) is 0 Å². The van der Waals surface area contributed by atoms with Crippen molar-refractivity contribution < 1.29 is 14.7 Å². The molecule has 1 rings (SSSR count). The molecule has 0 aliphatic carbocycles. The topological polar surface area (TPSA) is 69.6 Å². The van der Waals surface area contributed by atoms with E-state index < -0.39 is 12.1 Å². The van der Waals surface area contributed by atoms with Gasteiger partial charge in [0.25, 0.3) is 0 Å². The molecule has 0 unspecified atom stereocenters. The van der Waals surface area contributed by atoms with Gasteiger partial charge in [0, 0.05) is 19.5 Å². The Morgan fingerprint density at radius 2 is 1.85 bits per heavy atom. The van der Waals surface area contributed by atoms with E-state index >= 15 is 0 Å². The van der Waals surface area contributed by atoms with Crippen LogP contribution in [0.25, 0.3) is 0 Å². The van der Waals surface area contributed by atoms with Crippen molar-refractivity contribution in [2.24, 2.45) is 0 Å². The normalized spacial score (nSPS) is 16.9. The lowest BCUT2D eigenvalue weighted by atomic mass is 10.1. The number of nitrogens with zero attached hydrogens (tertiary/aromatic N) is 1. The summed E-state index contributed by atoms with van der Waals surface area (Å²) < 4.78 is 0. The highest BCUT2D eigenvalue weighted by atomic mass is 16.4. The highest BCUT2D eigenvalue weighted by Crippen LogP contribution is 2.12. The highest BCUT2D eigenvalue weighted by Gasteiger charge is 2.35. The van der Waals surface area contributed by atoms with Gasteiger partial charge in [0.1, 0.15) is 6.04 Å². The van der Waals surface area contributed by atoms with Gasteiger partial charge in [-0.05, 0) is 12.8 Å². The van der Waals surface area contributed by atoms with Crippen LogP contribution < -0.4 is 5.32 Å². The van der Waals surface area contributed by atoms with Crippen molar-refractivity contribution in [3.8, 4) is 12.3 Å². The molecule has 0 radical (unpaired) electrons. The van der Waals surface area contributed by atoms with Crippen LogP contribution in [0, 0.1) is 12.3 Å². The molecule has 2 amide bonds. The Labute approximate surface area is 120 Å². The van der Waals surface area contributed by atoms with Crippen molar-refractivity contribution in [3.63, 3.8) is 0 Å². The molecule has 1 saturated heterocycles. The Morgan fingerprint density at radius 1 is 1.25 bits per heavy atom. The van der Waals surface area contributed by atoms with Gasteiger partial charge in [-0.2, -0.15) is 0 Å². The smallest absolute Gasteiger partial charge is 0.408 e. The zero-order valence-corrected chi connectivity index (χ0v) is 11.9. The van der Waals surface area contributed by atoms with Gasteiger partial charge in [-0.3, -0.25) is 9.69 Å². The Bertz CT molecular complexity index is 363. The highest BCUT2D eigenvalue weighted by molar-refractivity contribution is 5.90. The fraction of sp³-hybridized carbons (Fsp3) is 0.733. The average Bonchev–Trinajstić information content (AvgIpc) is 2.42. The first-order valence-corrected chi connectivity index (χ1v) is 7.37. The number of nitrogens with one attached hydrogen (secondary N) is 1. The Morgan fingerprint density at radius 3 is 2.30 bits per heavy atom. The van der Waals surface area contributed by atoms with Crippen molar-refractivity contribution in [2.45, 2.75) is 57.4 Å². The van der Waals surface area contributed by atoms with Gasteiger partial charge in [-0.25, -0.2) is 4.79 Å². The fourth-order valence-corrected chi connectivity index (χ4v) is 2.31. The number of terminal acetylenes is 1. The largest absolute Gasteiger partial charge is 0.465 e. The number of unbranched alkanes of at least 4 members (excludes halogenated alkanes) is 7. The van der Waals surface area contributed by atoms with Crippen LogP contribution >= 0.6 is 0 Å². The number of carboxylic acid groups (broad SMARTS) is 1. The fourth-order valence-electron chi connectivity index (χ4n) is 2.31. The average molecular weight is 280 g/mol. The van der Waals surface area contributed by atoms with E-state index in [0.29, 0.717) is 13.1 Å². The van der Waals surface area contributed by atoms with Gasteiger partial charge in [-0.1, -0.05) is 32.1 Å². The van der Waals surface area contributed by atoms with Gasteiger partial charge < -0.3 is 10.4 Å². The first-order chi connectivity index (χ1) is 9.66. The Balaban J connectivity index is 2.03. The van der Waals surface area contributed by atoms with E-state index in [2.05, 4.69) is 11.2 Å². The minimum absolute atomic E-state index is 0.180. The number of carbonyl (C=O) groups is 2. The van der Waals surface area contributed by atoms with Crippen molar-refractivity contribution in [3.05, 3.63) is 0 Å². The van der Waals surface area contributed by atoms with Crippen molar-refractivity contribution in [1.82, 2.24) is 10.2 Å². The number of rotatable bonds is 10. The third kappa shape index (κ3) is 5.52. The summed E-state index contributed by atoms with van der Waals surface area (Å²) in [5.41, 5.74) is 0. The number of β-lactam (4-membered cyclic amide) rings is 1. The molecule has 0 aromatic carbocycles. The van der Waals surface area contributed by atoms with E-state index in [1.54, 1.807) is 0 Å². The van der Waals surface area contributed by atoms with E-state index in [9.17, 15) is 9.59 Å². The molecule has 1 heterocycles. The molecule has 0 aromatic heterocycles. The van der Waals surface area contributed by atoms with Crippen LogP contribution in [0.5, 0.6) is 0 Å². The lowest BCUT2D eigenvalue weighted by molar-refractivity contribution is -0.132. The van der Waals surface area contributed by atoms with Gasteiger partial charge in [-0.15, -0.1) is 12.3 Å². The predicted octanol–water partition coefficient (Wildman–Crippen LogP) is 2.22. The molecule has 2 N–H and O–H groups in total. The van der Waals surface area contributed by atoms with Gasteiger partial charge in [0.15, 0.2) is 0 Å². The second-order valence-electron chi connectivity index (χ2n) is 5.17. The van der Waals surface area contributed by atoms with Gasteiger partial charge in [0.05, 0.1) is 0 Å². The predicted molar refractivity (Wildman–Crippen MR) is 77.3 cm³/mol. The summed E-state index contributed by atoms with van der Waals surface area (Å²) in [7, 11) is 0. The monoisotopic (exact) mass is 280 g/mol. The van der Waals surface area contributed by atoms with Crippen molar-refractivity contribution in [2.75, 3.05) is 13.1 Å². The van der Waals surface area contributed by atoms with E-state index in [-0.39, 0.29) is 5.91 Å². The molecule has 0 saturated carbocycles. The first-order valence-electron chi connectivity index (χ1n) is 7.37. The van der Waals surface area contributed by atoms with Crippen LogP contribution in [0.1, 0.15) is 51.4 Å². The minimum atomic E-state index is -1.00. The number of carbonyl (C=O) groups excluding carboxylic acids is 1. The summed E-state index contributed by atoms with van der Waals surface area (Å²) >= 11 is 0. The van der Waals surface area contributed by atoms with Crippen LogP contribution in [0.3, 0.4) is 0 Å². The summed E-state index contributed by atoms with van der Waals surface area (Å²) in [6, 6.07) is -0.476. The van der Waals surface area contributed by atoms with E-state index in [1.807, 2.05) is 0 Å². The number of amides is 2.